The molecule has 31 heavy (non-hydrogen) atoms. The topological polar surface area (TPSA) is 65.4 Å². The van der Waals surface area contributed by atoms with Crippen molar-refractivity contribution in [2.24, 2.45) is 4.99 Å². The van der Waals surface area contributed by atoms with Gasteiger partial charge in [0.1, 0.15) is 0 Å². The van der Waals surface area contributed by atoms with Crippen LogP contribution in [0.2, 0.25) is 0 Å². The molecule has 0 aliphatic carbocycles. The van der Waals surface area contributed by atoms with Gasteiger partial charge in [-0.1, -0.05) is 26.7 Å². The number of allylic oxidation sites excluding steroid dienone is 2. The van der Waals surface area contributed by atoms with Gasteiger partial charge in [-0.05, 0) is 61.5 Å². The summed E-state index contributed by atoms with van der Waals surface area (Å²) in [5.41, 5.74) is 6.99. The summed E-state index contributed by atoms with van der Waals surface area (Å²) in [6.45, 7) is 5.58. The molecule has 0 unspecified atom stereocenters. The highest BCUT2D eigenvalue weighted by Gasteiger charge is 2.17. The van der Waals surface area contributed by atoms with Gasteiger partial charge < -0.3 is 14.6 Å². The number of aromatic nitrogens is 1. The third-order valence-electron chi connectivity index (χ3n) is 5.67. The molecule has 2 heterocycles. The van der Waals surface area contributed by atoms with Crippen LogP contribution in [0.3, 0.4) is 0 Å². The predicted molar refractivity (Wildman–Crippen MR) is 131 cm³/mol. The molecule has 5 nitrogen and oxygen atoms in total. The van der Waals surface area contributed by atoms with E-state index in [1.54, 1.807) is 0 Å². The third kappa shape index (κ3) is 8.86. The van der Waals surface area contributed by atoms with Gasteiger partial charge in [-0.2, -0.15) is 0 Å². The second-order valence-corrected chi connectivity index (χ2v) is 9.75. The van der Waals surface area contributed by atoms with Crippen LogP contribution in [-0.2, 0) is 17.6 Å². The van der Waals surface area contributed by atoms with E-state index >= 15 is 0 Å². The highest BCUT2D eigenvalue weighted by Crippen LogP contribution is 2.29. The number of carboxylic acids is 1. The van der Waals surface area contributed by atoms with E-state index in [1.165, 1.54) is 35.4 Å². The Morgan fingerprint density at radius 1 is 1.06 bits per heavy atom. The van der Waals surface area contributed by atoms with Gasteiger partial charge in [-0.25, -0.2) is 0 Å². The van der Waals surface area contributed by atoms with Gasteiger partial charge in [0.25, 0.3) is 0 Å². The lowest BCUT2D eigenvalue weighted by molar-refractivity contribution is -0.870. The Bertz CT molecular complexity index is 822. The van der Waals surface area contributed by atoms with Gasteiger partial charge in [-0.15, -0.1) is 0 Å². The number of quaternary nitrogens is 1. The maximum Gasteiger partial charge on any atom is 0.303 e. The maximum atomic E-state index is 11.0. The fraction of sp³-hybridized carbons (Fsp3) is 0.615. The summed E-state index contributed by atoms with van der Waals surface area (Å²) in [6, 6.07) is 2.34. The largest absolute Gasteiger partial charge is 0.481 e. The molecule has 1 aliphatic heterocycles. The number of aromatic amines is 1. The first-order valence-corrected chi connectivity index (χ1v) is 11.9. The second kappa shape index (κ2) is 12.0. The predicted octanol–water partition coefficient (Wildman–Crippen LogP) is 5.77. The number of rotatable bonds is 14. The number of hydrogen-bond donors (Lipinski definition) is 2. The van der Waals surface area contributed by atoms with Crippen LogP contribution in [0, 0.1) is 0 Å². The first-order chi connectivity index (χ1) is 14.7. The summed E-state index contributed by atoms with van der Waals surface area (Å²) in [6.07, 6.45) is 13.8. The monoisotopic (exact) mass is 428 g/mol. The average Bonchev–Trinajstić information content (AvgIpc) is 3.25. The third-order valence-corrected chi connectivity index (χ3v) is 5.67. The SMILES string of the molecule is CCCCC1=CC(CCC(=O)O)=N/C1=C\c1[nH]c(CCC[N+](C)(C)C)cc1CCCC. The summed E-state index contributed by atoms with van der Waals surface area (Å²) in [5, 5.41) is 9.03. The van der Waals surface area contributed by atoms with Crippen LogP contribution >= 0.6 is 0 Å². The Hall–Kier alpha value is -2.14. The van der Waals surface area contributed by atoms with Crippen molar-refractivity contribution in [2.45, 2.75) is 78.1 Å². The van der Waals surface area contributed by atoms with E-state index in [0.717, 1.165) is 61.0 Å². The van der Waals surface area contributed by atoms with Crippen LogP contribution < -0.4 is 0 Å². The Balaban J connectivity index is 2.25. The number of carboxylic acid groups (broad SMARTS) is 1. The highest BCUT2D eigenvalue weighted by atomic mass is 16.4. The molecule has 1 aromatic heterocycles. The van der Waals surface area contributed by atoms with Gasteiger partial charge in [-0.3, -0.25) is 9.79 Å². The van der Waals surface area contributed by atoms with Crippen LogP contribution in [0.1, 0.15) is 82.2 Å². The number of nitrogens with zero attached hydrogens (tertiary/aromatic N) is 2. The van der Waals surface area contributed by atoms with E-state index in [2.05, 4.69) is 58.2 Å². The fourth-order valence-electron chi connectivity index (χ4n) is 3.88. The van der Waals surface area contributed by atoms with Crippen molar-refractivity contribution in [1.29, 1.82) is 0 Å². The molecule has 1 aliphatic rings. The van der Waals surface area contributed by atoms with Gasteiger partial charge in [0.2, 0.25) is 0 Å². The van der Waals surface area contributed by atoms with Crippen LogP contribution in [0.4, 0.5) is 0 Å². The molecule has 0 atom stereocenters. The minimum atomic E-state index is -0.770. The Morgan fingerprint density at radius 2 is 1.77 bits per heavy atom. The Labute approximate surface area is 188 Å². The van der Waals surface area contributed by atoms with Gasteiger partial charge in [0.15, 0.2) is 0 Å². The smallest absolute Gasteiger partial charge is 0.303 e. The normalized spacial score (nSPS) is 15.5. The summed E-state index contributed by atoms with van der Waals surface area (Å²) in [5.74, 6) is -0.770. The number of nitrogens with one attached hydrogen (secondary N) is 1. The van der Waals surface area contributed by atoms with Crippen LogP contribution in [-0.4, -0.2) is 53.9 Å². The summed E-state index contributed by atoms with van der Waals surface area (Å²) in [4.78, 5) is 19.5. The molecule has 0 spiro atoms. The van der Waals surface area contributed by atoms with Crippen molar-refractivity contribution in [3.63, 3.8) is 0 Å². The van der Waals surface area contributed by atoms with Crippen molar-refractivity contribution >= 4 is 17.8 Å². The number of hydrogen-bond acceptors (Lipinski definition) is 2. The van der Waals surface area contributed by atoms with Gasteiger partial charge in [0, 0.05) is 29.9 Å². The molecule has 0 fully saturated rings. The molecule has 2 N–H and O–H groups in total. The summed E-state index contributed by atoms with van der Waals surface area (Å²) < 4.78 is 0.986. The molecule has 2 rings (SSSR count). The van der Waals surface area contributed by atoms with E-state index in [1.807, 2.05) is 0 Å². The molecule has 0 bridgehead atoms. The van der Waals surface area contributed by atoms with E-state index in [4.69, 9.17) is 10.1 Å². The lowest BCUT2D eigenvalue weighted by Crippen LogP contribution is -2.35. The number of aliphatic carboxylic acids is 1. The fourth-order valence-corrected chi connectivity index (χ4v) is 3.88. The van der Waals surface area contributed by atoms with Crippen molar-refractivity contribution in [3.8, 4) is 0 Å². The number of H-pyrrole nitrogens is 1. The summed E-state index contributed by atoms with van der Waals surface area (Å²) in [7, 11) is 6.71. The molecule has 1 aromatic rings. The average molecular weight is 429 g/mol. The van der Waals surface area contributed by atoms with Crippen molar-refractivity contribution in [2.75, 3.05) is 27.7 Å². The Morgan fingerprint density at radius 3 is 2.42 bits per heavy atom. The van der Waals surface area contributed by atoms with E-state index < -0.39 is 5.97 Å². The first kappa shape index (κ1) is 25.1. The maximum absolute atomic E-state index is 11.0. The lowest BCUT2D eigenvalue weighted by atomic mass is 10.0. The molecule has 0 amide bonds. The molecule has 0 saturated carbocycles. The molecule has 0 aromatic carbocycles. The molecule has 5 heteroatoms. The van der Waals surface area contributed by atoms with E-state index in [0.29, 0.717) is 6.42 Å². The molecule has 0 radical (unpaired) electrons. The molecular weight excluding hydrogens is 386 g/mol. The van der Waals surface area contributed by atoms with Crippen LogP contribution in [0.5, 0.6) is 0 Å². The quantitative estimate of drug-likeness (QED) is 0.369. The molecular formula is C26H42N3O2+. The molecule has 172 valence electrons. The second-order valence-electron chi connectivity index (χ2n) is 9.75. The minimum Gasteiger partial charge on any atom is -0.481 e. The van der Waals surface area contributed by atoms with Crippen LogP contribution in [0.15, 0.2) is 28.4 Å². The number of aliphatic imine (C=N–C) groups is 1. The Kier molecular flexibility index (Phi) is 9.76. The van der Waals surface area contributed by atoms with Gasteiger partial charge in [0.05, 0.1) is 39.8 Å². The number of carbonyl (C=O) groups is 1. The van der Waals surface area contributed by atoms with Crippen molar-refractivity contribution < 1.29 is 14.4 Å². The minimum absolute atomic E-state index is 0.129. The number of unbranched alkanes of at least 4 members (excludes halogenated alkanes) is 2. The van der Waals surface area contributed by atoms with Crippen molar-refractivity contribution in [3.05, 3.63) is 40.4 Å². The number of aryl methyl sites for hydroxylation is 2. The first-order valence-electron chi connectivity index (χ1n) is 11.9. The van der Waals surface area contributed by atoms with Crippen molar-refractivity contribution in [1.82, 2.24) is 4.98 Å². The summed E-state index contributed by atoms with van der Waals surface area (Å²) >= 11 is 0. The van der Waals surface area contributed by atoms with Crippen LogP contribution in [0.25, 0.3) is 6.08 Å². The lowest BCUT2D eigenvalue weighted by Gasteiger charge is -2.23. The zero-order chi connectivity index (χ0) is 22.9. The zero-order valence-corrected chi connectivity index (χ0v) is 20.3. The molecule has 0 saturated heterocycles. The van der Waals surface area contributed by atoms with E-state index in [-0.39, 0.29) is 6.42 Å². The highest BCUT2D eigenvalue weighted by molar-refractivity contribution is 6.01. The van der Waals surface area contributed by atoms with Gasteiger partial charge >= 0.3 is 5.97 Å². The standard InChI is InChI=1S/C26H41N3O2/c1-6-8-11-20-17-22(13-10-16-29(3,4)5)27-24(20)19-25-21(12-9-7-2)18-23(28-25)14-15-26(30)31/h17-19H,6-16H2,1-5H3,(H-,27,28,30,31)/p+1. The zero-order valence-electron chi connectivity index (χ0n) is 20.3. The van der Waals surface area contributed by atoms with E-state index in [9.17, 15) is 4.79 Å².